The van der Waals surface area contributed by atoms with Crippen LogP contribution in [0.5, 0.6) is 5.75 Å². The molecular weight excluding hydrogens is 358 g/mol. The van der Waals surface area contributed by atoms with Crippen LogP contribution in [-0.2, 0) is 11.2 Å². The summed E-state index contributed by atoms with van der Waals surface area (Å²) in [5.41, 5.74) is 5.19. The Morgan fingerprint density at radius 3 is 2.81 bits per heavy atom. The van der Waals surface area contributed by atoms with Crippen LogP contribution in [0.4, 0.5) is 5.69 Å². The number of benzene rings is 2. The summed E-state index contributed by atoms with van der Waals surface area (Å²) in [4.78, 5) is 13.7. The van der Waals surface area contributed by atoms with Crippen LogP contribution in [0.15, 0.2) is 53.9 Å². The third-order valence-electron chi connectivity index (χ3n) is 4.62. The number of aliphatic hydroxyl groups excluding tert-OH is 1. The fraction of sp³-hybridized carbons (Fsp3) is 0.136. The van der Waals surface area contributed by atoms with Crippen molar-refractivity contribution in [3.8, 4) is 16.2 Å². The highest BCUT2D eigenvalue weighted by molar-refractivity contribution is 7.13. The minimum atomic E-state index is -0.121. The van der Waals surface area contributed by atoms with Gasteiger partial charge < -0.3 is 15.2 Å². The number of rotatable bonds is 5. The molecule has 0 saturated heterocycles. The second-order valence-electron chi connectivity index (χ2n) is 6.26. The normalized spacial score (nSPS) is 14.3. The first kappa shape index (κ1) is 17.5. The van der Waals surface area contributed by atoms with E-state index in [2.05, 4.69) is 11.4 Å². The van der Waals surface area contributed by atoms with Crippen molar-refractivity contribution in [1.29, 1.82) is 0 Å². The van der Waals surface area contributed by atoms with E-state index in [4.69, 9.17) is 4.74 Å². The highest BCUT2D eigenvalue weighted by Crippen LogP contribution is 2.38. The summed E-state index contributed by atoms with van der Waals surface area (Å²) in [7, 11) is 1.66. The summed E-state index contributed by atoms with van der Waals surface area (Å²) in [5, 5.41) is 14.3. The summed E-state index contributed by atoms with van der Waals surface area (Å²) < 4.78 is 5.50. The fourth-order valence-corrected chi connectivity index (χ4v) is 4.15. The van der Waals surface area contributed by atoms with Gasteiger partial charge in [-0.25, -0.2) is 0 Å². The van der Waals surface area contributed by atoms with Crippen LogP contribution in [0, 0.1) is 0 Å². The average molecular weight is 377 g/mol. The van der Waals surface area contributed by atoms with Crippen molar-refractivity contribution < 1.29 is 14.6 Å². The van der Waals surface area contributed by atoms with Gasteiger partial charge in [0.1, 0.15) is 5.75 Å². The van der Waals surface area contributed by atoms with Gasteiger partial charge in [-0.15, -0.1) is 11.3 Å². The molecule has 136 valence electrons. The Morgan fingerprint density at radius 1 is 1.19 bits per heavy atom. The maximum Gasteiger partial charge on any atom is 0.256 e. The zero-order valence-electron chi connectivity index (χ0n) is 14.9. The minimum absolute atomic E-state index is 0.0446. The van der Waals surface area contributed by atoms with E-state index in [0.29, 0.717) is 12.0 Å². The first-order valence-corrected chi connectivity index (χ1v) is 9.57. The molecule has 5 heteroatoms. The Bertz CT molecular complexity index is 1020. The van der Waals surface area contributed by atoms with Crippen molar-refractivity contribution in [2.75, 3.05) is 19.0 Å². The molecule has 1 aliphatic heterocycles. The van der Waals surface area contributed by atoms with E-state index in [-0.39, 0.29) is 12.5 Å². The van der Waals surface area contributed by atoms with Crippen LogP contribution in [0.3, 0.4) is 0 Å². The van der Waals surface area contributed by atoms with Gasteiger partial charge >= 0.3 is 0 Å². The molecule has 0 radical (unpaired) electrons. The predicted octanol–water partition coefficient (Wildman–Crippen LogP) is 4.45. The smallest absolute Gasteiger partial charge is 0.256 e. The van der Waals surface area contributed by atoms with Crippen LogP contribution >= 0.6 is 11.3 Å². The number of aliphatic hydroxyl groups is 1. The molecule has 0 saturated carbocycles. The first-order chi connectivity index (χ1) is 13.2. The molecule has 0 spiro atoms. The van der Waals surface area contributed by atoms with Gasteiger partial charge in [0.25, 0.3) is 5.91 Å². The predicted molar refractivity (Wildman–Crippen MR) is 110 cm³/mol. The number of nitrogens with one attached hydrogen (secondary N) is 1. The largest absolute Gasteiger partial charge is 0.496 e. The molecule has 3 aromatic rings. The number of carbonyl (C=O) groups excluding carboxylic acids is 1. The number of hydrogen-bond acceptors (Lipinski definition) is 4. The van der Waals surface area contributed by atoms with Gasteiger partial charge in [0.05, 0.1) is 7.11 Å². The van der Waals surface area contributed by atoms with Crippen molar-refractivity contribution in [2.24, 2.45) is 0 Å². The number of methoxy groups -OCH3 is 1. The number of anilines is 1. The third-order valence-corrected chi connectivity index (χ3v) is 5.52. The second-order valence-corrected chi connectivity index (χ2v) is 7.21. The van der Waals surface area contributed by atoms with Crippen molar-refractivity contribution in [1.82, 2.24) is 0 Å². The Hall–Kier alpha value is -2.89. The topological polar surface area (TPSA) is 58.6 Å². The molecular formula is C22H19NO3S. The zero-order chi connectivity index (χ0) is 18.8. The molecule has 2 heterocycles. The molecule has 0 fully saturated rings. The number of carbonyl (C=O) groups is 1. The van der Waals surface area contributed by atoms with Gasteiger partial charge in [-0.2, -0.15) is 0 Å². The molecule has 4 nitrogen and oxygen atoms in total. The number of fused-ring (bicyclic) bond motifs is 1. The monoisotopic (exact) mass is 377 g/mol. The van der Waals surface area contributed by atoms with E-state index in [1.807, 2.05) is 53.9 Å². The summed E-state index contributed by atoms with van der Waals surface area (Å²) >= 11 is 1.65. The van der Waals surface area contributed by atoms with Gasteiger partial charge in [0, 0.05) is 33.9 Å². The molecule has 2 aromatic carbocycles. The summed E-state index contributed by atoms with van der Waals surface area (Å²) in [6.45, 7) is 0.0446. The lowest BCUT2D eigenvalue weighted by Gasteiger charge is -2.09. The Morgan fingerprint density at radius 2 is 2.07 bits per heavy atom. The molecule has 0 aliphatic carbocycles. The Labute approximate surface area is 161 Å². The average Bonchev–Trinajstić information content (AvgIpc) is 3.31. The van der Waals surface area contributed by atoms with Gasteiger partial charge in [0.2, 0.25) is 0 Å². The maximum absolute atomic E-state index is 12.6. The van der Waals surface area contributed by atoms with E-state index in [1.54, 1.807) is 18.4 Å². The van der Waals surface area contributed by atoms with E-state index in [1.165, 1.54) is 0 Å². The molecule has 1 aromatic heterocycles. The summed E-state index contributed by atoms with van der Waals surface area (Å²) in [6, 6.07) is 15.7. The van der Waals surface area contributed by atoms with E-state index in [0.717, 1.165) is 38.6 Å². The van der Waals surface area contributed by atoms with Crippen molar-refractivity contribution in [2.45, 2.75) is 6.42 Å². The van der Waals surface area contributed by atoms with E-state index < -0.39 is 0 Å². The van der Waals surface area contributed by atoms with Crippen LogP contribution < -0.4 is 10.1 Å². The van der Waals surface area contributed by atoms with Crippen molar-refractivity contribution in [3.05, 3.63) is 70.6 Å². The lowest BCUT2D eigenvalue weighted by Crippen LogP contribution is -2.03. The quantitative estimate of drug-likeness (QED) is 0.646. The summed E-state index contributed by atoms with van der Waals surface area (Å²) in [5.74, 6) is 0.681. The molecule has 0 unspecified atom stereocenters. The van der Waals surface area contributed by atoms with Crippen LogP contribution in [0.25, 0.3) is 22.1 Å². The van der Waals surface area contributed by atoms with Crippen molar-refractivity contribution >= 4 is 34.6 Å². The molecule has 2 N–H and O–H groups in total. The molecule has 0 bridgehead atoms. The zero-order valence-corrected chi connectivity index (χ0v) is 15.7. The first-order valence-electron chi connectivity index (χ1n) is 8.69. The van der Waals surface area contributed by atoms with Crippen LogP contribution in [-0.4, -0.2) is 24.7 Å². The maximum atomic E-state index is 12.6. The lowest BCUT2D eigenvalue weighted by atomic mass is 9.96. The fourth-order valence-electron chi connectivity index (χ4n) is 3.40. The molecule has 4 rings (SSSR count). The standard InChI is InChI=1S/C22H19NO3S/c1-26-19-8-7-14(12-16(19)20-6-3-11-27-20)13-17-21-15(9-10-24)4-2-5-18(21)23-22(17)25/h2-8,11-13,24H,9-10H2,1H3,(H,23,25)/b17-13-. The van der Waals surface area contributed by atoms with Crippen LogP contribution in [0.1, 0.15) is 16.7 Å². The molecule has 0 atom stereocenters. The number of hydrogen-bond donors (Lipinski definition) is 2. The van der Waals surface area contributed by atoms with Crippen LogP contribution in [0.2, 0.25) is 0 Å². The van der Waals surface area contributed by atoms with Gasteiger partial charge in [-0.3, -0.25) is 4.79 Å². The Kier molecular flexibility index (Phi) is 4.79. The number of ether oxygens (including phenoxy) is 1. The lowest BCUT2D eigenvalue weighted by molar-refractivity contribution is -0.110. The van der Waals surface area contributed by atoms with Gasteiger partial charge in [-0.1, -0.05) is 24.3 Å². The molecule has 1 amide bonds. The second kappa shape index (κ2) is 7.39. The van der Waals surface area contributed by atoms with Crippen molar-refractivity contribution in [3.63, 3.8) is 0 Å². The SMILES string of the molecule is COc1ccc(/C=C2\C(=O)Nc3cccc(CCO)c32)cc1-c1cccs1. The summed E-state index contributed by atoms with van der Waals surface area (Å²) in [6.07, 6.45) is 2.41. The number of thiophene rings is 1. The molecule has 1 aliphatic rings. The highest BCUT2D eigenvalue weighted by Gasteiger charge is 2.26. The van der Waals surface area contributed by atoms with E-state index >= 15 is 0 Å². The highest BCUT2D eigenvalue weighted by atomic mass is 32.1. The van der Waals surface area contributed by atoms with Gasteiger partial charge in [0.15, 0.2) is 0 Å². The minimum Gasteiger partial charge on any atom is -0.496 e. The van der Waals surface area contributed by atoms with Gasteiger partial charge in [-0.05, 0) is 53.3 Å². The number of amides is 1. The Balaban J connectivity index is 1.82. The third kappa shape index (κ3) is 3.27. The molecule has 27 heavy (non-hydrogen) atoms. The van der Waals surface area contributed by atoms with E-state index in [9.17, 15) is 9.90 Å².